The number of nitrogens with one attached hydrogen (secondary N) is 1. The number of hydrogen-bond donors (Lipinski definition) is 1. The summed E-state index contributed by atoms with van der Waals surface area (Å²) in [6.45, 7) is 3.57. The first kappa shape index (κ1) is 20.0. The van der Waals surface area contributed by atoms with Gasteiger partial charge in [-0.3, -0.25) is 4.79 Å². The molecule has 0 radical (unpaired) electrons. The van der Waals surface area contributed by atoms with Gasteiger partial charge in [0.1, 0.15) is 15.9 Å². The summed E-state index contributed by atoms with van der Waals surface area (Å²) in [5, 5.41) is 13.0. The second kappa shape index (κ2) is 8.86. The van der Waals surface area contributed by atoms with Crippen LogP contribution in [0, 0.1) is 18.3 Å². The summed E-state index contributed by atoms with van der Waals surface area (Å²) in [6.07, 6.45) is 2.87. The third-order valence-corrected chi connectivity index (χ3v) is 5.25. The van der Waals surface area contributed by atoms with Crippen LogP contribution in [0.1, 0.15) is 33.3 Å². The SMILES string of the molecule is CCOC(=O)c1sc(NC(=O)/C=C/c2ccc(Cl)c(Cl)c2)c(C#N)c1C. The molecule has 134 valence electrons. The molecule has 1 amide bonds. The zero-order chi connectivity index (χ0) is 19.3. The molecule has 0 saturated carbocycles. The number of amides is 1. The molecule has 0 aliphatic heterocycles. The van der Waals surface area contributed by atoms with E-state index in [0.717, 1.165) is 11.3 Å². The number of carbonyl (C=O) groups is 2. The van der Waals surface area contributed by atoms with Crippen molar-refractivity contribution >= 4 is 57.5 Å². The third-order valence-electron chi connectivity index (χ3n) is 3.33. The zero-order valence-corrected chi connectivity index (χ0v) is 16.3. The third kappa shape index (κ3) is 4.64. The molecule has 0 atom stereocenters. The molecule has 0 aliphatic rings. The Morgan fingerprint density at radius 2 is 2.08 bits per heavy atom. The second-order valence-corrected chi connectivity index (χ2v) is 6.92. The van der Waals surface area contributed by atoms with E-state index in [1.807, 2.05) is 6.07 Å². The van der Waals surface area contributed by atoms with Gasteiger partial charge in [0.2, 0.25) is 5.91 Å². The van der Waals surface area contributed by atoms with Crippen LogP contribution in [0.5, 0.6) is 0 Å². The van der Waals surface area contributed by atoms with Crippen LogP contribution in [0.3, 0.4) is 0 Å². The molecule has 8 heteroatoms. The van der Waals surface area contributed by atoms with E-state index in [0.29, 0.717) is 31.1 Å². The van der Waals surface area contributed by atoms with Crippen LogP contribution in [0.4, 0.5) is 5.00 Å². The lowest BCUT2D eigenvalue weighted by atomic mass is 10.1. The van der Waals surface area contributed by atoms with Crippen molar-refractivity contribution in [3.63, 3.8) is 0 Å². The molecular formula is C18H14Cl2N2O3S. The van der Waals surface area contributed by atoms with E-state index < -0.39 is 11.9 Å². The number of thiophene rings is 1. The summed E-state index contributed by atoms with van der Waals surface area (Å²) in [5.74, 6) is -0.956. The fourth-order valence-corrected chi connectivity index (χ4v) is 3.43. The fourth-order valence-electron chi connectivity index (χ4n) is 2.07. The van der Waals surface area contributed by atoms with Gasteiger partial charge in [-0.25, -0.2) is 4.79 Å². The Morgan fingerprint density at radius 3 is 2.69 bits per heavy atom. The van der Waals surface area contributed by atoms with Crippen molar-refractivity contribution in [3.8, 4) is 6.07 Å². The molecule has 0 saturated heterocycles. The number of ether oxygens (including phenoxy) is 1. The largest absolute Gasteiger partial charge is 0.462 e. The maximum Gasteiger partial charge on any atom is 0.348 e. The fraction of sp³-hybridized carbons (Fsp3) is 0.167. The van der Waals surface area contributed by atoms with E-state index in [-0.39, 0.29) is 12.2 Å². The molecule has 2 rings (SSSR count). The van der Waals surface area contributed by atoms with Crippen molar-refractivity contribution < 1.29 is 14.3 Å². The first-order valence-corrected chi connectivity index (χ1v) is 9.09. The van der Waals surface area contributed by atoms with Crippen LogP contribution in [-0.4, -0.2) is 18.5 Å². The van der Waals surface area contributed by atoms with Crippen LogP contribution in [0.25, 0.3) is 6.08 Å². The summed E-state index contributed by atoms with van der Waals surface area (Å²) >= 11 is 12.8. The number of carbonyl (C=O) groups excluding carboxylic acids is 2. The molecule has 1 N–H and O–H groups in total. The van der Waals surface area contributed by atoms with Gasteiger partial charge in [-0.2, -0.15) is 5.26 Å². The predicted molar refractivity (Wildman–Crippen MR) is 104 cm³/mol. The molecule has 2 aromatic rings. The Hall–Kier alpha value is -2.33. The summed E-state index contributed by atoms with van der Waals surface area (Å²) in [5.41, 5.74) is 1.43. The maximum absolute atomic E-state index is 12.1. The lowest BCUT2D eigenvalue weighted by molar-refractivity contribution is -0.111. The zero-order valence-electron chi connectivity index (χ0n) is 13.9. The van der Waals surface area contributed by atoms with E-state index in [4.69, 9.17) is 27.9 Å². The molecule has 0 bridgehead atoms. The lowest BCUT2D eigenvalue weighted by Crippen LogP contribution is -2.07. The van der Waals surface area contributed by atoms with Gasteiger partial charge in [0.05, 0.1) is 22.2 Å². The highest BCUT2D eigenvalue weighted by molar-refractivity contribution is 7.18. The molecule has 1 aromatic carbocycles. The first-order chi connectivity index (χ1) is 12.4. The van der Waals surface area contributed by atoms with Crippen molar-refractivity contribution in [3.05, 3.63) is 55.9 Å². The van der Waals surface area contributed by atoms with Gasteiger partial charge in [-0.1, -0.05) is 29.3 Å². The van der Waals surface area contributed by atoms with Gasteiger partial charge in [0.15, 0.2) is 0 Å². The van der Waals surface area contributed by atoms with Gasteiger partial charge in [-0.15, -0.1) is 11.3 Å². The number of nitrogens with zero attached hydrogens (tertiary/aromatic N) is 1. The number of esters is 1. The quantitative estimate of drug-likeness (QED) is 0.553. The van der Waals surface area contributed by atoms with Crippen molar-refractivity contribution in [2.24, 2.45) is 0 Å². The number of anilines is 1. The second-order valence-electron chi connectivity index (χ2n) is 5.09. The normalized spacial score (nSPS) is 10.6. The lowest BCUT2D eigenvalue weighted by Gasteiger charge is -2.00. The Morgan fingerprint density at radius 1 is 1.35 bits per heavy atom. The number of halogens is 2. The van der Waals surface area contributed by atoms with Crippen LogP contribution in [-0.2, 0) is 9.53 Å². The molecule has 0 aliphatic carbocycles. The van der Waals surface area contributed by atoms with Crippen LogP contribution in [0.2, 0.25) is 10.0 Å². The maximum atomic E-state index is 12.1. The standard InChI is InChI=1S/C18H14Cl2N2O3S/c1-3-25-18(24)16-10(2)12(9-21)17(26-16)22-15(23)7-5-11-4-6-13(19)14(20)8-11/h4-8H,3H2,1-2H3,(H,22,23)/b7-5+. The van der Waals surface area contributed by atoms with Crippen molar-refractivity contribution in [1.82, 2.24) is 0 Å². The highest BCUT2D eigenvalue weighted by atomic mass is 35.5. The van der Waals surface area contributed by atoms with Crippen LogP contribution in [0.15, 0.2) is 24.3 Å². The van der Waals surface area contributed by atoms with Gasteiger partial charge in [0, 0.05) is 6.08 Å². The average molecular weight is 409 g/mol. The van der Waals surface area contributed by atoms with Gasteiger partial charge >= 0.3 is 5.97 Å². The molecule has 0 spiro atoms. The molecular weight excluding hydrogens is 395 g/mol. The van der Waals surface area contributed by atoms with E-state index in [1.165, 1.54) is 6.08 Å². The number of hydrogen-bond acceptors (Lipinski definition) is 5. The molecule has 5 nitrogen and oxygen atoms in total. The van der Waals surface area contributed by atoms with Crippen LogP contribution < -0.4 is 5.32 Å². The predicted octanol–water partition coefficient (Wildman–Crippen LogP) is 5.06. The average Bonchev–Trinajstić information content (AvgIpc) is 2.91. The Balaban J connectivity index is 2.19. The molecule has 26 heavy (non-hydrogen) atoms. The number of benzene rings is 1. The van der Waals surface area contributed by atoms with E-state index in [1.54, 1.807) is 38.1 Å². The van der Waals surface area contributed by atoms with Gasteiger partial charge in [0.25, 0.3) is 0 Å². The topological polar surface area (TPSA) is 79.2 Å². The van der Waals surface area contributed by atoms with Crippen molar-refractivity contribution in [2.75, 3.05) is 11.9 Å². The minimum Gasteiger partial charge on any atom is -0.462 e. The van der Waals surface area contributed by atoms with Crippen LogP contribution >= 0.6 is 34.5 Å². The van der Waals surface area contributed by atoms with Gasteiger partial charge in [-0.05, 0) is 43.2 Å². The first-order valence-electron chi connectivity index (χ1n) is 7.52. The minimum absolute atomic E-state index is 0.228. The van der Waals surface area contributed by atoms with Gasteiger partial charge < -0.3 is 10.1 Å². The Kier molecular flexibility index (Phi) is 6.81. The van der Waals surface area contributed by atoms with E-state index in [2.05, 4.69) is 5.32 Å². The Bertz CT molecular complexity index is 929. The highest BCUT2D eigenvalue weighted by Gasteiger charge is 2.21. The molecule has 0 unspecified atom stereocenters. The molecule has 1 heterocycles. The molecule has 1 aromatic heterocycles. The Labute approximate surface area is 164 Å². The number of nitriles is 1. The summed E-state index contributed by atoms with van der Waals surface area (Å²) in [4.78, 5) is 24.4. The number of rotatable bonds is 5. The van der Waals surface area contributed by atoms with E-state index >= 15 is 0 Å². The minimum atomic E-state index is -0.515. The smallest absolute Gasteiger partial charge is 0.348 e. The summed E-state index contributed by atoms with van der Waals surface area (Å²) in [7, 11) is 0. The molecule has 0 fully saturated rings. The van der Waals surface area contributed by atoms with Crippen molar-refractivity contribution in [2.45, 2.75) is 13.8 Å². The monoisotopic (exact) mass is 408 g/mol. The summed E-state index contributed by atoms with van der Waals surface area (Å²) in [6, 6.07) is 6.98. The highest BCUT2D eigenvalue weighted by Crippen LogP contribution is 2.33. The van der Waals surface area contributed by atoms with E-state index in [9.17, 15) is 14.9 Å². The summed E-state index contributed by atoms with van der Waals surface area (Å²) < 4.78 is 4.96. The van der Waals surface area contributed by atoms with Crippen molar-refractivity contribution in [1.29, 1.82) is 5.26 Å².